The van der Waals surface area contributed by atoms with Crippen molar-refractivity contribution < 1.29 is 9.53 Å². The molecule has 2 aliphatic rings. The molecule has 5 aromatic rings. The molecule has 2 saturated heterocycles. The number of piperidine rings is 1. The first-order valence-electron chi connectivity index (χ1n) is 14.7. The van der Waals surface area contributed by atoms with E-state index >= 15 is 0 Å². The van der Waals surface area contributed by atoms with Crippen molar-refractivity contribution >= 4 is 28.4 Å². The van der Waals surface area contributed by atoms with Gasteiger partial charge in [0.15, 0.2) is 5.65 Å². The Hall–Kier alpha value is -4.77. The van der Waals surface area contributed by atoms with E-state index in [4.69, 9.17) is 9.72 Å². The quantitative estimate of drug-likeness (QED) is 0.258. The van der Waals surface area contributed by atoms with Crippen LogP contribution < -0.4 is 10.1 Å². The highest BCUT2D eigenvalue weighted by Gasteiger charge is 2.43. The summed E-state index contributed by atoms with van der Waals surface area (Å²) in [6.45, 7) is 2.79. The zero-order chi connectivity index (χ0) is 29.5. The molecule has 11 heteroatoms. The van der Waals surface area contributed by atoms with Gasteiger partial charge in [-0.25, -0.2) is 9.50 Å². The lowest BCUT2D eigenvalue weighted by atomic mass is 9.87. The molecule has 0 spiro atoms. The number of nitrogens with zero attached hydrogens (tertiary/aromatic N) is 8. The number of anilines is 2. The molecule has 2 aliphatic heterocycles. The summed E-state index contributed by atoms with van der Waals surface area (Å²) in [5.41, 5.74) is 5.66. The molecule has 2 atom stereocenters. The van der Waals surface area contributed by atoms with Crippen molar-refractivity contribution in [2.45, 2.75) is 50.6 Å². The number of fused-ring (bicyclic) bond motifs is 4. The summed E-state index contributed by atoms with van der Waals surface area (Å²) >= 11 is 0. The van der Waals surface area contributed by atoms with Crippen LogP contribution in [0.5, 0.6) is 11.5 Å². The number of aryl methyl sites for hydroxylation is 1. The van der Waals surface area contributed by atoms with Crippen LogP contribution in [0.1, 0.15) is 42.9 Å². The number of benzene rings is 1. The van der Waals surface area contributed by atoms with Gasteiger partial charge >= 0.3 is 0 Å². The number of nitrogens with one attached hydrogen (secondary N) is 1. The van der Waals surface area contributed by atoms with Crippen LogP contribution in [0.4, 0.5) is 11.4 Å². The SMILES string of the molecule is Cc1cc(Nc2ccn3ncnc(C4CC5CCC(C4)N5C(=O)/C=C/CN(C)C)c23)ccc1Oc1ccn2cnnc2c1. The van der Waals surface area contributed by atoms with Gasteiger partial charge in [0.1, 0.15) is 29.7 Å². The van der Waals surface area contributed by atoms with Crippen LogP contribution in [-0.2, 0) is 4.79 Å². The smallest absolute Gasteiger partial charge is 0.246 e. The van der Waals surface area contributed by atoms with Crippen molar-refractivity contribution in [1.82, 2.24) is 39.0 Å². The maximum atomic E-state index is 13.1. The molecule has 0 radical (unpaired) electrons. The number of hydrogen-bond donors (Lipinski definition) is 1. The van der Waals surface area contributed by atoms with E-state index in [9.17, 15) is 4.79 Å². The second-order valence-corrected chi connectivity index (χ2v) is 11.8. The fourth-order valence-electron chi connectivity index (χ4n) is 6.57. The van der Waals surface area contributed by atoms with E-state index in [0.29, 0.717) is 5.75 Å². The maximum Gasteiger partial charge on any atom is 0.246 e. The summed E-state index contributed by atoms with van der Waals surface area (Å²) < 4.78 is 9.90. The third-order valence-electron chi connectivity index (χ3n) is 8.54. The molecule has 2 bridgehead atoms. The standard InChI is InChI=1S/C32H35N9O2/c1-21-15-23(6-9-28(21)43-26-10-13-39-20-34-37-29(39)18-26)36-27-11-14-40-32(27)31(33-19-35-40)22-16-24-7-8-25(17-22)41(24)30(42)5-4-12-38(2)3/h4-6,9-11,13-15,18-20,22,24-25,36H,7-8,12,16-17H2,1-3H3/b5-4+. The second kappa shape index (κ2) is 11.1. The van der Waals surface area contributed by atoms with Crippen LogP contribution >= 0.6 is 0 Å². The van der Waals surface area contributed by atoms with Gasteiger partial charge in [0.25, 0.3) is 0 Å². The van der Waals surface area contributed by atoms with Gasteiger partial charge in [-0.3, -0.25) is 9.20 Å². The Bertz CT molecular complexity index is 1810. The van der Waals surface area contributed by atoms with Crippen molar-refractivity contribution in [2.75, 3.05) is 26.0 Å². The topological polar surface area (TPSA) is 105 Å². The van der Waals surface area contributed by atoms with E-state index in [-0.39, 0.29) is 23.9 Å². The Morgan fingerprint density at radius 3 is 2.74 bits per heavy atom. The average molecular weight is 578 g/mol. The minimum atomic E-state index is 0.132. The number of carbonyl (C=O) groups is 1. The Labute approximate surface area is 249 Å². The van der Waals surface area contributed by atoms with Crippen LogP contribution in [0, 0.1) is 6.92 Å². The number of likely N-dealkylation sites (N-methyl/N-ethyl adjacent to an activating group) is 1. The Balaban J connectivity index is 1.09. The molecule has 7 rings (SSSR count). The molecular weight excluding hydrogens is 542 g/mol. The molecule has 0 aliphatic carbocycles. The maximum absolute atomic E-state index is 13.1. The molecule has 1 aromatic carbocycles. The van der Waals surface area contributed by atoms with Gasteiger partial charge in [-0.05, 0) is 82.6 Å². The highest BCUT2D eigenvalue weighted by molar-refractivity contribution is 5.88. The molecule has 2 fully saturated rings. The molecular formula is C32H35N9O2. The third-order valence-corrected chi connectivity index (χ3v) is 8.54. The van der Waals surface area contributed by atoms with Gasteiger partial charge in [0.2, 0.25) is 5.91 Å². The highest BCUT2D eigenvalue weighted by atomic mass is 16.5. The van der Waals surface area contributed by atoms with Crippen molar-refractivity contribution in [3.05, 3.63) is 84.9 Å². The summed E-state index contributed by atoms with van der Waals surface area (Å²) in [5.74, 6) is 1.87. The van der Waals surface area contributed by atoms with Crippen LogP contribution in [0.2, 0.25) is 0 Å². The Morgan fingerprint density at radius 1 is 1.12 bits per heavy atom. The first-order valence-corrected chi connectivity index (χ1v) is 14.7. The van der Waals surface area contributed by atoms with Crippen molar-refractivity contribution in [3.63, 3.8) is 0 Å². The molecule has 43 heavy (non-hydrogen) atoms. The number of rotatable bonds is 8. The summed E-state index contributed by atoms with van der Waals surface area (Å²) in [6, 6.07) is 12.3. The predicted molar refractivity (Wildman–Crippen MR) is 164 cm³/mol. The summed E-state index contributed by atoms with van der Waals surface area (Å²) in [6.07, 6.45) is 14.8. The predicted octanol–water partition coefficient (Wildman–Crippen LogP) is 4.97. The summed E-state index contributed by atoms with van der Waals surface area (Å²) in [7, 11) is 4.01. The number of carbonyl (C=O) groups excluding carboxylic acids is 1. The zero-order valence-electron chi connectivity index (χ0n) is 24.6. The molecule has 6 heterocycles. The zero-order valence-corrected chi connectivity index (χ0v) is 24.6. The Morgan fingerprint density at radius 2 is 1.95 bits per heavy atom. The lowest BCUT2D eigenvalue weighted by Gasteiger charge is -2.38. The summed E-state index contributed by atoms with van der Waals surface area (Å²) in [5, 5.41) is 16.1. The van der Waals surface area contributed by atoms with Crippen molar-refractivity contribution in [3.8, 4) is 11.5 Å². The highest BCUT2D eigenvalue weighted by Crippen LogP contribution is 2.44. The Kier molecular flexibility index (Phi) is 7.02. The van der Waals surface area contributed by atoms with Gasteiger partial charge in [-0.15, -0.1) is 10.2 Å². The van der Waals surface area contributed by atoms with Crippen LogP contribution in [0.25, 0.3) is 11.2 Å². The fourth-order valence-corrected chi connectivity index (χ4v) is 6.57. The largest absolute Gasteiger partial charge is 0.457 e. The second-order valence-electron chi connectivity index (χ2n) is 11.8. The fraction of sp³-hybridized carbons (Fsp3) is 0.344. The van der Waals surface area contributed by atoms with Gasteiger partial charge in [0.05, 0.1) is 11.4 Å². The molecule has 11 nitrogen and oxygen atoms in total. The van der Waals surface area contributed by atoms with E-state index in [0.717, 1.165) is 71.8 Å². The van der Waals surface area contributed by atoms with Gasteiger partial charge in [0, 0.05) is 54.8 Å². The van der Waals surface area contributed by atoms with Crippen LogP contribution in [-0.4, -0.2) is 77.6 Å². The molecule has 1 N–H and O–H groups in total. The van der Waals surface area contributed by atoms with E-state index in [2.05, 4.69) is 36.5 Å². The number of aromatic nitrogens is 6. The third kappa shape index (κ3) is 5.32. The molecule has 4 aromatic heterocycles. The number of amides is 1. The number of hydrogen-bond acceptors (Lipinski definition) is 8. The molecule has 220 valence electrons. The van der Waals surface area contributed by atoms with E-state index in [1.54, 1.807) is 18.7 Å². The lowest BCUT2D eigenvalue weighted by Crippen LogP contribution is -2.45. The number of pyridine rings is 1. The van der Waals surface area contributed by atoms with Crippen LogP contribution in [0.15, 0.2) is 73.6 Å². The van der Waals surface area contributed by atoms with E-state index < -0.39 is 0 Å². The monoisotopic (exact) mass is 577 g/mol. The van der Waals surface area contributed by atoms with E-state index in [1.165, 1.54) is 0 Å². The van der Waals surface area contributed by atoms with Gasteiger partial charge in [-0.2, -0.15) is 5.10 Å². The summed E-state index contributed by atoms with van der Waals surface area (Å²) in [4.78, 5) is 22.1. The first kappa shape index (κ1) is 27.1. The molecule has 2 unspecified atom stereocenters. The minimum absolute atomic E-state index is 0.132. The van der Waals surface area contributed by atoms with Crippen molar-refractivity contribution in [2.24, 2.45) is 0 Å². The van der Waals surface area contributed by atoms with Gasteiger partial charge in [-0.1, -0.05) is 6.08 Å². The minimum Gasteiger partial charge on any atom is -0.457 e. The molecule has 0 saturated carbocycles. The lowest BCUT2D eigenvalue weighted by molar-refractivity contribution is -0.130. The normalized spacial score (nSPS) is 20.1. The number of ether oxygens (including phenoxy) is 1. The molecule has 1 amide bonds. The average Bonchev–Trinajstić information content (AvgIpc) is 3.70. The first-order chi connectivity index (χ1) is 20.9. The van der Waals surface area contributed by atoms with Crippen LogP contribution in [0.3, 0.4) is 0 Å². The van der Waals surface area contributed by atoms with Crippen molar-refractivity contribution in [1.29, 1.82) is 0 Å². The van der Waals surface area contributed by atoms with Gasteiger partial charge < -0.3 is 19.9 Å². The van der Waals surface area contributed by atoms with E-state index in [1.807, 2.05) is 78.7 Å².